The molecule has 14 N–H and O–H groups in total. The SMILES string of the molecule is Cl.Clc1cccc(NNc2nc(N3CCCCC3)nc(N3CCCCC3)n2)c1.N.N.N.N.[HH].[HH].[HH].[HH]. The number of piperidine rings is 2. The summed E-state index contributed by atoms with van der Waals surface area (Å²) in [4.78, 5) is 18.6. The second-order valence-corrected chi connectivity index (χ2v) is 7.55. The first-order valence-electron chi connectivity index (χ1n) is 9.81. The van der Waals surface area contributed by atoms with Crippen molar-refractivity contribution in [2.24, 2.45) is 0 Å². The lowest BCUT2D eigenvalue weighted by molar-refractivity contribution is 0.556. The van der Waals surface area contributed by atoms with Crippen molar-refractivity contribution in [2.75, 3.05) is 46.8 Å². The monoisotopic (exact) mass is 499 g/mol. The van der Waals surface area contributed by atoms with Gasteiger partial charge >= 0.3 is 0 Å². The average molecular weight is 501 g/mol. The van der Waals surface area contributed by atoms with Gasteiger partial charge in [-0.2, -0.15) is 15.0 Å². The van der Waals surface area contributed by atoms with Crippen molar-refractivity contribution < 1.29 is 5.71 Å². The Kier molecular flexibility index (Phi) is 15.6. The van der Waals surface area contributed by atoms with Crippen LogP contribution in [0.5, 0.6) is 0 Å². The van der Waals surface area contributed by atoms with Crippen molar-refractivity contribution in [1.29, 1.82) is 0 Å². The smallest absolute Gasteiger partial charge is 0.248 e. The van der Waals surface area contributed by atoms with Crippen molar-refractivity contribution >= 4 is 47.5 Å². The molecule has 0 radical (unpaired) electrons. The molecule has 0 atom stereocenters. The Bertz CT molecular complexity index is 751. The number of hydrazine groups is 1. The summed E-state index contributed by atoms with van der Waals surface area (Å²) < 4.78 is 0. The molecule has 3 heterocycles. The topological polar surface area (TPSA) is 209 Å². The standard InChI is InChI=1S/C19H26ClN7.ClH.4H3N.4H2/c20-15-8-7-9-16(14-15)24-25-17-21-18(26-10-3-1-4-11-26)23-19(22-17)27-12-5-2-6-13-27;;;;;;;;;/h7-9,14,24H,1-6,10-13H2,(H,21,22,23,25);1H;4*1H3;4*1H. The van der Waals surface area contributed by atoms with Crippen LogP contribution in [-0.4, -0.2) is 41.1 Å². The second-order valence-electron chi connectivity index (χ2n) is 7.11. The van der Waals surface area contributed by atoms with Crippen molar-refractivity contribution in [1.82, 2.24) is 39.6 Å². The summed E-state index contributed by atoms with van der Waals surface area (Å²) >= 11 is 6.06. The Balaban J connectivity index is -0.000000250. The molecule has 0 amide bonds. The van der Waals surface area contributed by atoms with E-state index < -0.39 is 0 Å². The van der Waals surface area contributed by atoms with E-state index >= 15 is 0 Å². The molecule has 0 saturated carbocycles. The van der Waals surface area contributed by atoms with Crippen LogP contribution in [0, 0.1) is 0 Å². The zero-order valence-corrected chi connectivity index (χ0v) is 20.3. The highest BCUT2D eigenvalue weighted by atomic mass is 35.5. The summed E-state index contributed by atoms with van der Waals surface area (Å²) in [6, 6.07) is 7.54. The molecule has 0 unspecified atom stereocenters. The highest BCUT2D eigenvalue weighted by Gasteiger charge is 2.20. The van der Waals surface area contributed by atoms with Crippen LogP contribution in [0.1, 0.15) is 44.2 Å². The molecule has 192 valence electrons. The van der Waals surface area contributed by atoms with E-state index in [0.29, 0.717) is 11.0 Å². The van der Waals surface area contributed by atoms with E-state index in [2.05, 4.69) is 30.6 Å². The fourth-order valence-electron chi connectivity index (χ4n) is 3.57. The Labute approximate surface area is 207 Å². The van der Waals surface area contributed by atoms with Gasteiger partial charge in [0.2, 0.25) is 17.8 Å². The van der Waals surface area contributed by atoms with Crippen LogP contribution >= 0.6 is 24.0 Å². The highest BCUT2D eigenvalue weighted by molar-refractivity contribution is 6.30. The molecule has 2 saturated heterocycles. The van der Waals surface area contributed by atoms with Gasteiger partial charge in [-0.05, 0) is 56.7 Å². The molecular formula is C19H47Cl2N11. The van der Waals surface area contributed by atoms with E-state index in [1.807, 2.05) is 24.3 Å². The van der Waals surface area contributed by atoms with E-state index in [0.717, 1.165) is 43.8 Å². The fourth-order valence-corrected chi connectivity index (χ4v) is 3.77. The van der Waals surface area contributed by atoms with Crippen LogP contribution in [0.15, 0.2) is 24.3 Å². The summed E-state index contributed by atoms with van der Waals surface area (Å²) in [6.07, 6.45) is 7.31. The number of aromatic nitrogens is 3. The number of nitrogens with zero attached hydrogens (tertiary/aromatic N) is 5. The average Bonchev–Trinajstić information content (AvgIpc) is 2.73. The summed E-state index contributed by atoms with van der Waals surface area (Å²) in [5.41, 5.74) is 7.12. The van der Waals surface area contributed by atoms with Crippen LogP contribution in [0.2, 0.25) is 5.02 Å². The van der Waals surface area contributed by atoms with Gasteiger partial charge in [0.25, 0.3) is 0 Å². The number of rotatable bonds is 5. The highest BCUT2D eigenvalue weighted by Crippen LogP contribution is 2.23. The lowest BCUT2D eigenvalue weighted by atomic mass is 10.1. The number of benzene rings is 1. The molecule has 0 aliphatic carbocycles. The van der Waals surface area contributed by atoms with Crippen molar-refractivity contribution in [3.63, 3.8) is 0 Å². The zero-order chi connectivity index (χ0) is 18.5. The Morgan fingerprint density at radius 2 is 1.22 bits per heavy atom. The van der Waals surface area contributed by atoms with Gasteiger partial charge in [-0.25, -0.2) is 0 Å². The Morgan fingerprint density at radius 1 is 0.719 bits per heavy atom. The van der Waals surface area contributed by atoms with Gasteiger partial charge in [0.1, 0.15) is 0 Å². The first-order valence-corrected chi connectivity index (χ1v) is 10.2. The number of nitrogens with one attached hydrogen (secondary N) is 2. The van der Waals surface area contributed by atoms with Crippen LogP contribution in [0.4, 0.5) is 23.5 Å². The molecule has 4 rings (SSSR count). The van der Waals surface area contributed by atoms with E-state index in [1.54, 1.807) is 0 Å². The van der Waals surface area contributed by atoms with Crippen molar-refractivity contribution in [3.8, 4) is 0 Å². The van der Waals surface area contributed by atoms with Gasteiger partial charge in [0.05, 0.1) is 5.69 Å². The fraction of sp³-hybridized carbons (Fsp3) is 0.526. The van der Waals surface area contributed by atoms with Crippen molar-refractivity contribution in [3.05, 3.63) is 29.3 Å². The number of halogens is 2. The minimum absolute atomic E-state index is 0. The molecule has 13 heteroatoms. The summed E-state index contributed by atoms with van der Waals surface area (Å²) in [7, 11) is 0. The predicted molar refractivity (Wildman–Crippen MR) is 146 cm³/mol. The summed E-state index contributed by atoms with van der Waals surface area (Å²) in [5.74, 6) is 2.06. The zero-order valence-electron chi connectivity index (χ0n) is 18.7. The van der Waals surface area contributed by atoms with Crippen LogP contribution in [0.25, 0.3) is 0 Å². The van der Waals surface area contributed by atoms with Crippen LogP contribution in [0.3, 0.4) is 0 Å². The molecule has 0 spiro atoms. The van der Waals surface area contributed by atoms with Gasteiger partial charge in [0.15, 0.2) is 0 Å². The third-order valence-corrected chi connectivity index (χ3v) is 5.27. The number of anilines is 4. The predicted octanol–water partition coefficient (Wildman–Crippen LogP) is 6.00. The molecule has 1 aromatic heterocycles. The summed E-state index contributed by atoms with van der Waals surface area (Å²) in [6.45, 7) is 4.02. The summed E-state index contributed by atoms with van der Waals surface area (Å²) in [5, 5.41) is 0.681. The number of hydrogen-bond acceptors (Lipinski definition) is 11. The van der Waals surface area contributed by atoms with Crippen LogP contribution in [-0.2, 0) is 0 Å². The van der Waals surface area contributed by atoms with Gasteiger partial charge in [-0.1, -0.05) is 17.7 Å². The van der Waals surface area contributed by atoms with Crippen molar-refractivity contribution in [2.45, 2.75) is 38.5 Å². The molecule has 32 heavy (non-hydrogen) atoms. The lowest BCUT2D eigenvalue weighted by Crippen LogP contribution is -2.34. The molecule has 2 aromatic rings. The minimum atomic E-state index is 0. The molecule has 2 aliphatic rings. The minimum Gasteiger partial charge on any atom is -0.344 e. The largest absolute Gasteiger partial charge is 0.344 e. The molecule has 11 nitrogen and oxygen atoms in total. The molecule has 1 aromatic carbocycles. The van der Waals surface area contributed by atoms with E-state index in [1.165, 1.54) is 38.5 Å². The molecule has 0 bridgehead atoms. The van der Waals surface area contributed by atoms with Gasteiger partial charge < -0.3 is 34.4 Å². The lowest BCUT2D eigenvalue weighted by Gasteiger charge is -2.30. The third-order valence-electron chi connectivity index (χ3n) is 5.03. The number of hydrogen-bond donors (Lipinski definition) is 6. The maximum absolute atomic E-state index is 6.06. The maximum atomic E-state index is 6.06. The molecular weight excluding hydrogens is 453 g/mol. The van der Waals surface area contributed by atoms with Gasteiger partial charge in [0, 0.05) is 36.9 Å². The Morgan fingerprint density at radius 3 is 1.69 bits per heavy atom. The quantitative estimate of drug-likeness (QED) is 0.262. The second kappa shape index (κ2) is 15.6. The van der Waals surface area contributed by atoms with E-state index in [4.69, 9.17) is 16.6 Å². The Hall–Kier alpha value is -2.15. The van der Waals surface area contributed by atoms with Crippen LogP contribution < -0.4 is 45.3 Å². The molecule has 2 fully saturated rings. The van der Waals surface area contributed by atoms with E-state index in [-0.39, 0.29) is 42.7 Å². The van der Waals surface area contributed by atoms with Gasteiger partial charge in [-0.15, -0.1) is 12.4 Å². The third kappa shape index (κ3) is 8.41. The molecule has 2 aliphatic heterocycles. The normalized spacial score (nSPS) is 14.9. The van der Waals surface area contributed by atoms with E-state index in [9.17, 15) is 0 Å². The maximum Gasteiger partial charge on any atom is 0.248 e. The van der Waals surface area contributed by atoms with Gasteiger partial charge in [-0.3, -0.25) is 10.9 Å². The first kappa shape index (κ1) is 32.0. The first-order chi connectivity index (χ1) is 13.3.